The van der Waals surface area contributed by atoms with Crippen molar-refractivity contribution < 1.29 is 13.2 Å². The first-order chi connectivity index (χ1) is 8.44. The molecule has 1 aliphatic heterocycles. The van der Waals surface area contributed by atoms with E-state index in [0.717, 1.165) is 25.9 Å². The molecule has 0 aliphatic carbocycles. The molecule has 1 rings (SSSR count). The summed E-state index contributed by atoms with van der Waals surface area (Å²) in [5.41, 5.74) is 0. The highest BCUT2D eigenvalue weighted by molar-refractivity contribution is 7.90. The predicted molar refractivity (Wildman–Crippen MR) is 71.6 cm³/mol. The first-order valence-electron chi connectivity index (χ1n) is 6.68. The van der Waals surface area contributed by atoms with Crippen LogP contribution in [0.3, 0.4) is 0 Å². The number of carbonyl (C=O) groups excluding carboxylic acids is 1. The van der Waals surface area contributed by atoms with Gasteiger partial charge < -0.3 is 5.32 Å². The summed E-state index contributed by atoms with van der Waals surface area (Å²) in [5, 5.41) is 3.31. The van der Waals surface area contributed by atoms with Crippen molar-refractivity contribution in [3.05, 3.63) is 0 Å². The van der Waals surface area contributed by atoms with Gasteiger partial charge in [0.05, 0.1) is 5.75 Å². The van der Waals surface area contributed by atoms with Crippen molar-refractivity contribution in [1.29, 1.82) is 0 Å². The minimum atomic E-state index is -3.42. The SMILES string of the molecule is CCCS(=O)(=O)NC(=O)CC(C)C1CCCNC1. The summed E-state index contributed by atoms with van der Waals surface area (Å²) < 4.78 is 25.0. The Hall–Kier alpha value is -0.620. The van der Waals surface area contributed by atoms with Gasteiger partial charge in [-0.15, -0.1) is 0 Å². The third-order valence-electron chi connectivity index (χ3n) is 3.39. The van der Waals surface area contributed by atoms with E-state index in [2.05, 4.69) is 10.0 Å². The maximum atomic E-state index is 11.7. The normalized spacial score (nSPS) is 22.4. The third kappa shape index (κ3) is 5.35. The van der Waals surface area contributed by atoms with E-state index in [1.54, 1.807) is 6.92 Å². The summed E-state index contributed by atoms with van der Waals surface area (Å²) >= 11 is 0. The monoisotopic (exact) mass is 276 g/mol. The molecule has 0 aromatic rings. The topological polar surface area (TPSA) is 75.3 Å². The molecule has 6 heteroatoms. The largest absolute Gasteiger partial charge is 0.316 e. The Morgan fingerprint density at radius 1 is 1.50 bits per heavy atom. The second kappa shape index (κ2) is 7.09. The summed E-state index contributed by atoms with van der Waals surface area (Å²) in [6.07, 6.45) is 3.05. The summed E-state index contributed by atoms with van der Waals surface area (Å²) in [5.74, 6) is 0.326. The van der Waals surface area contributed by atoms with Crippen LogP contribution in [0, 0.1) is 11.8 Å². The van der Waals surface area contributed by atoms with Crippen LogP contribution in [-0.2, 0) is 14.8 Å². The summed E-state index contributed by atoms with van der Waals surface area (Å²) in [4.78, 5) is 11.7. The lowest BCUT2D eigenvalue weighted by molar-refractivity contribution is -0.120. The fourth-order valence-corrected chi connectivity index (χ4v) is 3.43. The second-order valence-corrected chi connectivity index (χ2v) is 6.97. The van der Waals surface area contributed by atoms with Crippen LogP contribution in [0.5, 0.6) is 0 Å². The average molecular weight is 276 g/mol. The molecule has 0 radical (unpaired) electrons. The molecule has 2 atom stereocenters. The number of rotatable bonds is 6. The molecule has 0 bridgehead atoms. The molecule has 0 saturated carbocycles. The molecule has 0 aromatic heterocycles. The number of amides is 1. The minimum absolute atomic E-state index is 0.0120. The molecule has 0 spiro atoms. The highest BCUT2D eigenvalue weighted by Crippen LogP contribution is 2.22. The summed E-state index contributed by atoms with van der Waals surface area (Å²) in [6.45, 7) is 5.76. The first kappa shape index (κ1) is 15.4. The van der Waals surface area contributed by atoms with Gasteiger partial charge in [-0.3, -0.25) is 9.52 Å². The Bertz CT molecular complexity index is 362. The van der Waals surface area contributed by atoms with Crippen LogP contribution in [-0.4, -0.2) is 33.2 Å². The number of piperidine rings is 1. The van der Waals surface area contributed by atoms with Gasteiger partial charge in [-0.1, -0.05) is 13.8 Å². The molecule has 1 fully saturated rings. The van der Waals surface area contributed by atoms with E-state index in [9.17, 15) is 13.2 Å². The standard InChI is InChI=1S/C12H24N2O3S/c1-3-7-18(16,17)14-12(15)8-10(2)11-5-4-6-13-9-11/h10-11,13H,3-9H2,1-2H3,(H,14,15). The van der Waals surface area contributed by atoms with E-state index in [1.807, 2.05) is 6.92 Å². The van der Waals surface area contributed by atoms with Gasteiger partial charge in [0.1, 0.15) is 0 Å². The van der Waals surface area contributed by atoms with Gasteiger partial charge in [-0.25, -0.2) is 8.42 Å². The van der Waals surface area contributed by atoms with Crippen LogP contribution in [0.1, 0.15) is 39.5 Å². The van der Waals surface area contributed by atoms with Crippen molar-refractivity contribution in [3.63, 3.8) is 0 Å². The molecule has 5 nitrogen and oxygen atoms in total. The number of sulfonamides is 1. The Kier molecular flexibility index (Phi) is 6.08. The first-order valence-corrected chi connectivity index (χ1v) is 8.34. The fourth-order valence-electron chi connectivity index (χ4n) is 2.36. The summed E-state index contributed by atoms with van der Waals surface area (Å²) in [7, 11) is -3.42. The number of hydrogen-bond acceptors (Lipinski definition) is 4. The Morgan fingerprint density at radius 3 is 2.78 bits per heavy atom. The molecule has 106 valence electrons. The van der Waals surface area contributed by atoms with Gasteiger partial charge in [-0.2, -0.15) is 0 Å². The van der Waals surface area contributed by atoms with E-state index in [4.69, 9.17) is 0 Å². The highest BCUT2D eigenvalue weighted by atomic mass is 32.2. The van der Waals surface area contributed by atoms with Crippen molar-refractivity contribution >= 4 is 15.9 Å². The van der Waals surface area contributed by atoms with Gasteiger partial charge >= 0.3 is 0 Å². The molecular formula is C12H24N2O3S. The van der Waals surface area contributed by atoms with Gasteiger partial charge in [0.25, 0.3) is 0 Å². The molecule has 0 aromatic carbocycles. The molecule has 1 aliphatic rings. The van der Waals surface area contributed by atoms with Gasteiger partial charge in [0.15, 0.2) is 0 Å². The zero-order valence-electron chi connectivity index (χ0n) is 11.2. The Labute approximate surface area is 110 Å². The van der Waals surface area contributed by atoms with Crippen LogP contribution in [0.25, 0.3) is 0 Å². The van der Waals surface area contributed by atoms with Crippen LogP contribution in [0.4, 0.5) is 0 Å². The fraction of sp³-hybridized carbons (Fsp3) is 0.917. The van der Waals surface area contributed by atoms with Crippen LogP contribution >= 0.6 is 0 Å². The third-order valence-corrected chi connectivity index (χ3v) is 4.87. The maximum absolute atomic E-state index is 11.7. The van der Waals surface area contributed by atoms with E-state index >= 15 is 0 Å². The average Bonchev–Trinajstić information content (AvgIpc) is 2.28. The lowest BCUT2D eigenvalue weighted by atomic mass is 9.85. The number of hydrogen-bond donors (Lipinski definition) is 2. The molecule has 1 saturated heterocycles. The Balaban J connectivity index is 2.39. The zero-order valence-corrected chi connectivity index (χ0v) is 12.1. The molecule has 1 amide bonds. The number of carbonyl (C=O) groups is 1. The van der Waals surface area contributed by atoms with Crippen molar-refractivity contribution in [2.75, 3.05) is 18.8 Å². The van der Waals surface area contributed by atoms with Gasteiger partial charge in [0, 0.05) is 6.42 Å². The van der Waals surface area contributed by atoms with Gasteiger partial charge in [-0.05, 0) is 44.2 Å². The predicted octanol–water partition coefficient (Wildman–Crippen LogP) is 0.868. The number of nitrogens with one attached hydrogen (secondary N) is 2. The molecule has 18 heavy (non-hydrogen) atoms. The van der Waals surface area contributed by atoms with Crippen molar-refractivity contribution in [2.24, 2.45) is 11.8 Å². The smallest absolute Gasteiger partial charge is 0.234 e. The quantitative estimate of drug-likeness (QED) is 0.755. The van der Waals surface area contributed by atoms with Gasteiger partial charge in [0.2, 0.25) is 15.9 Å². The molecular weight excluding hydrogens is 252 g/mol. The van der Waals surface area contributed by atoms with E-state index in [-0.39, 0.29) is 24.0 Å². The molecule has 1 heterocycles. The van der Waals surface area contributed by atoms with Crippen molar-refractivity contribution in [1.82, 2.24) is 10.0 Å². The zero-order chi connectivity index (χ0) is 13.6. The van der Waals surface area contributed by atoms with Crippen molar-refractivity contribution in [2.45, 2.75) is 39.5 Å². The van der Waals surface area contributed by atoms with E-state index < -0.39 is 10.0 Å². The van der Waals surface area contributed by atoms with Crippen LogP contribution < -0.4 is 10.0 Å². The summed E-state index contributed by atoms with van der Waals surface area (Å²) in [6, 6.07) is 0. The Morgan fingerprint density at radius 2 is 2.22 bits per heavy atom. The molecule has 2 unspecified atom stereocenters. The highest BCUT2D eigenvalue weighted by Gasteiger charge is 2.23. The lowest BCUT2D eigenvalue weighted by Gasteiger charge is -2.27. The second-order valence-electron chi connectivity index (χ2n) is 5.13. The van der Waals surface area contributed by atoms with E-state index in [0.29, 0.717) is 12.3 Å². The minimum Gasteiger partial charge on any atom is -0.316 e. The lowest BCUT2D eigenvalue weighted by Crippen LogP contribution is -2.37. The van der Waals surface area contributed by atoms with E-state index in [1.165, 1.54) is 0 Å². The van der Waals surface area contributed by atoms with Crippen LogP contribution in [0.15, 0.2) is 0 Å². The van der Waals surface area contributed by atoms with Crippen LogP contribution in [0.2, 0.25) is 0 Å². The molecule has 2 N–H and O–H groups in total. The maximum Gasteiger partial charge on any atom is 0.234 e. The van der Waals surface area contributed by atoms with Crippen molar-refractivity contribution in [3.8, 4) is 0 Å².